The molecule has 1 aromatic heterocycles. The molecule has 0 saturated carbocycles. The molecule has 0 radical (unpaired) electrons. The number of rotatable bonds is 16. The zero-order chi connectivity index (χ0) is 42.6. The molecule has 2 saturated heterocycles. The van der Waals surface area contributed by atoms with E-state index >= 15 is 0 Å². The van der Waals surface area contributed by atoms with Crippen molar-refractivity contribution in [2.45, 2.75) is 187 Å². The molecule has 4 heterocycles. The summed E-state index contributed by atoms with van der Waals surface area (Å²) in [5, 5.41) is 0. The van der Waals surface area contributed by atoms with Gasteiger partial charge in [-0.15, -0.1) is 0 Å². The summed E-state index contributed by atoms with van der Waals surface area (Å²) in [7, 11) is -0.837. The molecule has 2 fully saturated rings. The summed E-state index contributed by atoms with van der Waals surface area (Å²) >= 11 is 8.01. The molecule has 0 unspecified atom stereocenters. The third kappa shape index (κ3) is 10.4. The van der Waals surface area contributed by atoms with Crippen molar-refractivity contribution in [3.05, 3.63) is 63.0 Å². The number of benzene rings is 3. The maximum absolute atomic E-state index is 7.41. The van der Waals surface area contributed by atoms with Crippen LogP contribution in [-0.4, -0.2) is 45.4 Å². The molecule has 3 aliphatic heterocycles. The van der Waals surface area contributed by atoms with Crippen LogP contribution in [-0.2, 0) is 24.2 Å². The summed E-state index contributed by atoms with van der Waals surface area (Å²) in [5.41, 5.74) is 5.59. The Bertz CT molecular complexity index is 1950. The van der Waals surface area contributed by atoms with Crippen LogP contribution in [0, 0.1) is 0 Å². The summed E-state index contributed by atoms with van der Waals surface area (Å²) in [6.45, 7) is 21.5. The van der Waals surface area contributed by atoms with Crippen LogP contribution in [0.2, 0.25) is 0 Å². The molecular formula is C47H66B2Br2N2O5S. The minimum Gasteiger partial charge on any atom is -0.482 e. The van der Waals surface area contributed by atoms with Gasteiger partial charge in [0.05, 0.1) is 34.1 Å². The van der Waals surface area contributed by atoms with Gasteiger partial charge in [-0.25, -0.2) is 0 Å². The highest BCUT2D eigenvalue weighted by Gasteiger charge is 2.54. The largest absolute Gasteiger partial charge is 0.494 e. The number of hydrogen-bond acceptors (Lipinski definition) is 8. The maximum atomic E-state index is 7.41. The molecule has 7 nitrogen and oxygen atoms in total. The quantitative estimate of drug-likeness (QED) is 0.0818. The van der Waals surface area contributed by atoms with E-state index in [1.54, 1.807) is 0 Å². The Hall–Kier alpha value is -1.79. The van der Waals surface area contributed by atoms with E-state index in [0.717, 1.165) is 67.9 Å². The van der Waals surface area contributed by atoms with Gasteiger partial charge in [0, 0.05) is 20.1 Å². The van der Waals surface area contributed by atoms with Crippen molar-refractivity contribution in [1.29, 1.82) is 0 Å². The fourth-order valence-electron chi connectivity index (χ4n) is 8.22. The van der Waals surface area contributed by atoms with Crippen LogP contribution in [0.3, 0.4) is 0 Å². The van der Waals surface area contributed by atoms with Crippen LogP contribution in [0.4, 0.5) is 0 Å². The summed E-state index contributed by atoms with van der Waals surface area (Å²) in [4.78, 5) is 0. The lowest BCUT2D eigenvalue weighted by atomic mass is 9.71. The Morgan fingerprint density at radius 1 is 0.525 bits per heavy atom. The minimum atomic E-state index is -0.428. The van der Waals surface area contributed by atoms with E-state index in [-0.39, 0.29) is 0 Å². The average molecular weight is 953 g/mol. The van der Waals surface area contributed by atoms with Crippen LogP contribution >= 0.6 is 43.6 Å². The van der Waals surface area contributed by atoms with Crippen molar-refractivity contribution < 1.29 is 23.4 Å². The van der Waals surface area contributed by atoms with Crippen LogP contribution in [0.1, 0.15) is 165 Å². The van der Waals surface area contributed by atoms with Gasteiger partial charge in [-0.2, -0.15) is 8.75 Å². The van der Waals surface area contributed by atoms with Gasteiger partial charge in [0.1, 0.15) is 22.4 Å². The van der Waals surface area contributed by atoms with Gasteiger partial charge < -0.3 is 23.4 Å². The van der Waals surface area contributed by atoms with Gasteiger partial charge in [-0.1, -0.05) is 108 Å². The molecular weight excluding hydrogens is 886 g/mol. The van der Waals surface area contributed by atoms with E-state index in [2.05, 4.69) is 146 Å². The lowest BCUT2D eigenvalue weighted by molar-refractivity contribution is 0.00578. The van der Waals surface area contributed by atoms with E-state index in [0.29, 0.717) is 0 Å². The van der Waals surface area contributed by atoms with E-state index < -0.39 is 42.2 Å². The van der Waals surface area contributed by atoms with Crippen molar-refractivity contribution in [3.63, 3.8) is 0 Å². The number of hydrogen-bond donors (Lipinski definition) is 0. The first kappa shape index (κ1) is 46.7. The summed E-state index contributed by atoms with van der Waals surface area (Å²) in [5.74, 6) is 0.940. The van der Waals surface area contributed by atoms with Crippen LogP contribution < -0.4 is 15.7 Å². The Morgan fingerprint density at radius 3 is 1.39 bits per heavy atom. The van der Waals surface area contributed by atoms with Gasteiger partial charge in [0.15, 0.2) is 0 Å². The van der Waals surface area contributed by atoms with E-state index in [4.69, 9.17) is 23.4 Å². The summed E-state index contributed by atoms with van der Waals surface area (Å²) in [6.07, 6.45) is 17.1. The highest BCUT2D eigenvalue weighted by atomic mass is 79.9. The number of nitrogens with zero attached hydrogens (tertiary/aromatic N) is 2. The number of unbranched alkanes of at least 4 members (excludes halogenated alkanes) is 10. The number of aromatic nitrogens is 2. The third-order valence-electron chi connectivity index (χ3n) is 13.4. The standard InChI is InChI=1S/C41H64B2O5.C6H2Br2N2S/c1-11-13-15-17-19-21-27-41(28-22-20-18-16-14-12-2)35-29-31(42-45-37(3,4)38(5,6)46-42)23-25-33(35)34-26-24-32(30-36(34)44-41)43-47-39(7,8)40(9,10)48-43;7-3-1-2-4(8)6-5(3)9-11-10-6/h23-26,29-30H,11-22,27-28H2,1-10H3;1-2H. The molecule has 0 N–H and O–H groups in total. The highest BCUT2D eigenvalue weighted by Crippen LogP contribution is 2.50. The molecule has 0 amide bonds. The second-order valence-corrected chi connectivity index (χ2v) is 21.1. The van der Waals surface area contributed by atoms with Gasteiger partial charge in [-0.05, 0) is 148 Å². The first-order valence-electron chi connectivity index (χ1n) is 22.2. The molecule has 7 rings (SSSR count). The molecule has 0 bridgehead atoms. The third-order valence-corrected chi connectivity index (χ3v) is 15.2. The molecule has 3 aromatic carbocycles. The summed E-state index contributed by atoms with van der Waals surface area (Å²) in [6, 6.07) is 17.3. The topological polar surface area (TPSA) is 71.9 Å². The van der Waals surface area contributed by atoms with Gasteiger partial charge >= 0.3 is 14.2 Å². The van der Waals surface area contributed by atoms with Crippen molar-refractivity contribution >= 4 is 79.8 Å². The van der Waals surface area contributed by atoms with Gasteiger partial charge in [0.25, 0.3) is 0 Å². The smallest absolute Gasteiger partial charge is 0.482 e. The average Bonchev–Trinajstić information content (AvgIpc) is 3.84. The molecule has 59 heavy (non-hydrogen) atoms. The predicted molar refractivity (Wildman–Crippen MR) is 254 cm³/mol. The maximum Gasteiger partial charge on any atom is 0.494 e. The summed E-state index contributed by atoms with van der Waals surface area (Å²) < 4.78 is 43.8. The minimum absolute atomic E-state index is 0.394. The van der Waals surface area contributed by atoms with Gasteiger partial charge in [-0.3, -0.25) is 0 Å². The van der Waals surface area contributed by atoms with Crippen molar-refractivity contribution in [2.75, 3.05) is 0 Å². The Labute approximate surface area is 376 Å². The van der Waals surface area contributed by atoms with Gasteiger partial charge in [0.2, 0.25) is 0 Å². The Balaban J connectivity index is 0.000000455. The normalized spacial score (nSPS) is 19.3. The van der Waals surface area contributed by atoms with E-state index in [9.17, 15) is 0 Å². The lowest BCUT2D eigenvalue weighted by Gasteiger charge is -2.41. The molecule has 12 heteroatoms. The number of halogens is 2. The first-order valence-corrected chi connectivity index (χ1v) is 24.5. The number of ether oxygens (including phenoxy) is 1. The number of fused-ring (bicyclic) bond motifs is 4. The zero-order valence-corrected chi connectivity index (χ0v) is 41.3. The second-order valence-electron chi connectivity index (χ2n) is 18.9. The van der Waals surface area contributed by atoms with E-state index in [1.165, 1.54) is 87.1 Å². The molecule has 0 spiro atoms. The Morgan fingerprint density at radius 2 is 0.932 bits per heavy atom. The molecule has 320 valence electrons. The van der Waals surface area contributed by atoms with Crippen molar-refractivity contribution in [3.8, 4) is 16.9 Å². The zero-order valence-electron chi connectivity index (χ0n) is 37.3. The molecule has 3 aliphatic rings. The molecule has 4 aromatic rings. The van der Waals surface area contributed by atoms with E-state index in [1.807, 2.05) is 12.1 Å². The van der Waals surface area contributed by atoms with Crippen LogP contribution in [0.25, 0.3) is 22.2 Å². The first-order chi connectivity index (χ1) is 27.9. The predicted octanol–water partition coefficient (Wildman–Crippen LogP) is 13.3. The fourth-order valence-corrected chi connectivity index (χ4v) is 9.85. The molecule has 0 aliphatic carbocycles. The second kappa shape index (κ2) is 19.3. The lowest BCUT2D eigenvalue weighted by Crippen LogP contribution is -2.41. The van der Waals surface area contributed by atoms with Crippen molar-refractivity contribution in [2.24, 2.45) is 0 Å². The fraction of sp³-hybridized carbons (Fsp3) is 0.617. The van der Waals surface area contributed by atoms with Crippen molar-refractivity contribution in [1.82, 2.24) is 8.75 Å². The highest BCUT2D eigenvalue weighted by molar-refractivity contribution is 9.11. The van der Waals surface area contributed by atoms with Crippen LogP contribution in [0.15, 0.2) is 57.5 Å². The Kier molecular flexibility index (Phi) is 15.3. The molecule has 0 atom stereocenters. The SMILES string of the molecule is Brc1ccc(Br)c2nsnc12.CCCCCCCCC1(CCCCCCCC)Oc2cc(B3OC(C)(C)C(C)(C)O3)ccc2-c2ccc(B3OC(C)(C)C(C)(C)O3)cc21. The van der Waals surface area contributed by atoms with Crippen LogP contribution in [0.5, 0.6) is 5.75 Å². The monoisotopic (exact) mass is 950 g/mol.